The van der Waals surface area contributed by atoms with Gasteiger partial charge in [-0.15, -0.1) is 0 Å². The molecule has 7 nitrogen and oxygen atoms in total. The van der Waals surface area contributed by atoms with Crippen molar-refractivity contribution in [2.45, 2.75) is 85.5 Å². The van der Waals surface area contributed by atoms with Crippen LogP contribution in [-0.2, 0) is 14.3 Å². The molecule has 0 aromatic heterocycles. The van der Waals surface area contributed by atoms with Crippen LogP contribution in [0.25, 0.3) is 0 Å². The van der Waals surface area contributed by atoms with Crippen molar-refractivity contribution < 1.29 is 19.1 Å². The number of carbonyl (C=O) groups is 3. The van der Waals surface area contributed by atoms with Gasteiger partial charge in [0.2, 0.25) is 5.91 Å². The number of alkyl carbamates (subject to hydrolysis) is 1. The quantitative estimate of drug-likeness (QED) is 0.439. The number of hydrogen-bond acceptors (Lipinski definition) is 4. The van der Waals surface area contributed by atoms with E-state index in [0.717, 1.165) is 11.1 Å². The van der Waals surface area contributed by atoms with Crippen LogP contribution in [0.2, 0.25) is 5.02 Å². The Labute approximate surface area is 219 Å². The predicted octanol–water partition coefficient (Wildman–Crippen LogP) is 6.18. The fourth-order valence-corrected chi connectivity index (χ4v) is 4.09. The molecule has 0 radical (unpaired) electrons. The van der Waals surface area contributed by atoms with Crippen LogP contribution in [0.5, 0.6) is 0 Å². The molecular formula is C28H38ClN3O4. The molecule has 0 aliphatic carbocycles. The average molecular weight is 516 g/mol. The maximum Gasteiger partial charge on any atom is 0.408 e. The van der Waals surface area contributed by atoms with E-state index in [1.807, 2.05) is 64.1 Å². The molecule has 0 spiro atoms. The summed E-state index contributed by atoms with van der Waals surface area (Å²) in [7, 11) is 0. The highest BCUT2D eigenvalue weighted by atomic mass is 35.5. The first-order valence-corrected chi connectivity index (χ1v) is 12.6. The number of nitrogens with zero attached hydrogens (tertiary/aromatic N) is 1. The molecule has 196 valence electrons. The molecule has 2 rings (SSSR count). The van der Waals surface area contributed by atoms with Crippen LogP contribution in [0.1, 0.15) is 70.7 Å². The number of para-hydroxylation sites is 1. The van der Waals surface area contributed by atoms with E-state index in [0.29, 0.717) is 22.7 Å². The Morgan fingerprint density at radius 3 is 2.25 bits per heavy atom. The van der Waals surface area contributed by atoms with Crippen molar-refractivity contribution in [1.82, 2.24) is 10.2 Å². The van der Waals surface area contributed by atoms with Crippen LogP contribution in [0.15, 0.2) is 42.5 Å². The van der Waals surface area contributed by atoms with E-state index in [4.69, 9.17) is 16.3 Å². The first kappa shape index (κ1) is 29.2. The van der Waals surface area contributed by atoms with Gasteiger partial charge < -0.3 is 20.3 Å². The largest absolute Gasteiger partial charge is 0.444 e. The van der Waals surface area contributed by atoms with Gasteiger partial charge in [-0.25, -0.2) is 4.79 Å². The Balaban J connectivity index is 2.50. The second-order valence-corrected chi connectivity index (χ2v) is 10.5. The second-order valence-electron chi connectivity index (χ2n) is 10.1. The normalized spacial score (nSPS) is 13.8. The van der Waals surface area contributed by atoms with Gasteiger partial charge >= 0.3 is 6.09 Å². The standard InChI is InChI=1S/C28H38ClN3O4/c1-9-19(4)32(26(34)20(5)30-27(35)36-28(6,7)8)24(21-14-10-12-17(2)16-21)25(33)31-23-18(3)13-11-15-22(23)29/h10-16,19-20,24H,9H2,1-8H3,(H,30,35)(H,31,33). The van der Waals surface area contributed by atoms with E-state index in [-0.39, 0.29) is 6.04 Å². The molecule has 3 amide bonds. The number of rotatable bonds is 8. The van der Waals surface area contributed by atoms with Gasteiger partial charge in [-0.05, 0) is 72.1 Å². The summed E-state index contributed by atoms with van der Waals surface area (Å²) in [5.74, 6) is -0.789. The van der Waals surface area contributed by atoms with Gasteiger partial charge in [0.05, 0.1) is 10.7 Å². The molecule has 2 N–H and O–H groups in total. The number of amides is 3. The van der Waals surface area contributed by atoms with Crippen LogP contribution < -0.4 is 10.6 Å². The summed E-state index contributed by atoms with van der Waals surface area (Å²) in [6.45, 7) is 14.4. The number of nitrogens with one attached hydrogen (secondary N) is 2. The summed E-state index contributed by atoms with van der Waals surface area (Å²) in [6, 6.07) is 10.7. The Morgan fingerprint density at radius 2 is 1.69 bits per heavy atom. The molecule has 2 aromatic rings. The molecule has 0 saturated carbocycles. The summed E-state index contributed by atoms with van der Waals surface area (Å²) in [4.78, 5) is 41.5. The van der Waals surface area contributed by atoms with E-state index < -0.39 is 35.6 Å². The highest BCUT2D eigenvalue weighted by Crippen LogP contribution is 2.31. The minimum Gasteiger partial charge on any atom is -0.444 e. The van der Waals surface area contributed by atoms with Crippen molar-refractivity contribution in [2.75, 3.05) is 5.32 Å². The fourth-order valence-electron chi connectivity index (χ4n) is 3.83. The molecule has 36 heavy (non-hydrogen) atoms. The molecule has 0 heterocycles. The summed E-state index contributed by atoms with van der Waals surface area (Å²) < 4.78 is 5.32. The SMILES string of the molecule is CCC(C)N(C(=O)C(C)NC(=O)OC(C)(C)C)C(C(=O)Nc1c(C)cccc1Cl)c1cccc(C)c1. The van der Waals surface area contributed by atoms with Crippen LogP contribution in [0, 0.1) is 13.8 Å². The van der Waals surface area contributed by atoms with Gasteiger partial charge in [0.25, 0.3) is 5.91 Å². The molecular weight excluding hydrogens is 478 g/mol. The van der Waals surface area contributed by atoms with Gasteiger partial charge in [-0.3, -0.25) is 9.59 Å². The van der Waals surface area contributed by atoms with E-state index in [2.05, 4.69) is 10.6 Å². The monoisotopic (exact) mass is 515 g/mol. The lowest BCUT2D eigenvalue weighted by atomic mass is 9.98. The van der Waals surface area contributed by atoms with Crippen LogP contribution in [-0.4, -0.2) is 40.5 Å². The van der Waals surface area contributed by atoms with Crippen molar-refractivity contribution in [3.63, 3.8) is 0 Å². The molecule has 3 unspecified atom stereocenters. The first-order valence-electron chi connectivity index (χ1n) is 12.2. The zero-order valence-electron chi connectivity index (χ0n) is 22.4. The lowest BCUT2D eigenvalue weighted by Gasteiger charge is -2.37. The van der Waals surface area contributed by atoms with Crippen molar-refractivity contribution in [3.8, 4) is 0 Å². The first-order chi connectivity index (χ1) is 16.7. The lowest BCUT2D eigenvalue weighted by molar-refractivity contribution is -0.143. The molecule has 0 aliphatic heterocycles. The Hall–Kier alpha value is -3.06. The molecule has 0 saturated heterocycles. The van der Waals surface area contributed by atoms with Crippen molar-refractivity contribution in [3.05, 3.63) is 64.2 Å². The molecule has 0 fully saturated rings. The number of aryl methyl sites for hydroxylation is 2. The van der Waals surface area contributed by atoms with E-state index >= 15 is 0 Å². The molecule has 2 aromatic carbocycles. The van der Waals surface area contributed by atoms with Gasteiger partial charge in [-0.2, -0.15) is 0 Å². The molecule has 3 atom stereocenters. The highest BCUT2D eigenvalue weighted by Gasteiger charge is 2.37. The molecule has 0 bridgehead atoms. The second kappa shape index (κ2) is 12.3. The van der Waals surface area contributed by atoms with Gasteiger partial charge in [-0.1, -0.05) is 60.5 Å². The van der Waals surface area contributed by atoms with Crippen LogP contribution in [0.3, 0.4) is 0 Å². The predicted molar refractivity (Wildman–Crippen MR) is 144 cm³/mol. The maximum absolute atomic E-state index is 13.9. The highest BCUT2D eigenvalue weighted by molar-refractivity contribution is 6.34. The average Bonchev–Trinajstić information content (AvgIpc) is 2.77. The third kappa shape index (κ3) is 7.72. The third-order valence-electron chi connectivity index (χ3n) is 5.78. The van der Waals surface area contributed by atoms with E-state index in [1.165, 1.54) is 0 Å². The summed E-state index contributed by atoms with van der Waals surface area (Å²) >= 11 is 6.39. The van der Waals surface area contributed by atoms with Gasteiger partial charge in [0, 0.05) is 6.04 Å². The minimum absolute atomic E-state index is 0.302. The van der Waals surface area contributed by atoms with Crippen molar-refractivity contribution in [2.24, 2.45) is 0 Å². The van der Waals surface area contributed by atoms with Gasteiger partial charge in [0.1, 0.15) is 17.7 Å². The third-order valence-corrected chi connectivity index (χ3v) is 6.09. The number of hydrogen-bond donors (Lipinski definition) is 2. The van der Waals surface area contributed by atoms with Gasteiger partial charge in [0.15, 0.2) is 0 Å². The van der Waals surface area contributed by atoms with Crippen molar-refractivity contribution >= 4 is 35.2 Å². The maximum atomic E-state index is 13.9. The zero-order chi connectivity index (χ0) is 27.2. The lowest BCUT2D eigenvalue weighted by Crippen LogP contribution is -2.53. The Bertz CT molecular complexity index is 1080. The fraction of sp³-hybridized carbons (Fsp3) is 0.464. The minimum atomic E-state index is -0.953. The van der Waals surface area contributed by atoms with E-state index in [9.17, 15) is 14.4 Å². The summed E-state index contributed by atoms with van der Waals surface area (Å²) in [6.07, 6.45) is -0.0956. The summed E-state index contributed by atoms with van der Waals surface area (Å²) in [5, 5.41) is 5.97. The Kier molecular flexibility index (Phi) is 9.93. The molecule has 8 heteroatoms. The topological polar surface area (TPSA) is 87.7 Å². The Morgan fingerprint density at radius 1 is 1.06 bits per heavy atom. The van der Waals surface area contributed by atoms with Crippen LogP contribution >= 0.6 is 11.6 Å². The molecule has 0 aliphatic rings. The number of benzene rings is 2. The van der Waals surface area contributed by atoms with Crippen LogP contribution in [0.4, 0.5) is 10.5 Å². The summed E-state index contributed by atoms with van der Waals surface area (Å²) in [5.41, 5.74) is 2.21. The number of carbonyl (C=O) groups excluding carboxylic acids is 3. The smallest absolute Gasteiger partial charge is 0.408 e. The van der Waals surface area contributed by atoms with E-state index in [1.54, 1.807) is 38.7 Å². The number of ether oxygens (including phenoxy) is 1. The zero-order valence-corrected chi connectivity index (χ0v) is 23.2. The number of halogens is 1. The number of anilines is 1. The van der Waals surface area contributed by atoms with Crippen molar-refractivity contribution in [1.29, 1.82) is 0 Å².